The van der Waals surface area contributed by atoms with Crippen molar-refractivity contribution in [2.24, 2.45) is 11.8 Å². The van der Waals surface area contributed by atoms with Gasteiger partial charge in [0.1, 0.15) is 0 Å². The average molecular weight is 258 g/mol. The quantitative estimate of drug-likeness (QED) is 0.809. The number of nitrogens with one attached hydrogen (secondary N) is 2. The molecule has 0 aromatic rings. The van der Waals surface area contributed by atoms with Crippen LogP contribution in [-0.2, 0) is 0 Å². The minimum Gasteiger partial charge on any atom is -0.298 e. The zero-order valence-electron chi connectivity index (χ0n) is 12.1. The van der Waals surface area contributed by atoms with Crippen molar-refractivity contribution in [2.75, 3.05) is 0 Å². The highest BCUT2D eigenvalue weighted by molar-refractivity contribution is 5.38. The van der Waals surface area contributed by atoms with Crippen LogP contribution >= 0.6 is 0 Å². The van der Waals surface area contributed by atoms with Gasteiger partial charge < -0.3 is 0 Å². The van der Waals surface area contributed by atoms with Crippen LogP contribution in [0.4, 0.5) is 0 Å². The Bertz CT molecular complexity index is 405. The molecule has 0 amide bonds. The first-order chi connectivity index (χ1) is 9.24. The van der Waals surface area contributed by atoms with E-state index in [1.54, 1.807) is 0 Å². The molecule has 0 radical (unpaired) electrons. The first-order valence-electron chi connectivity index (χ1n) is 7.81. The molecule has 104 valence electrons. The predicted octanol–water partition coefficient (Wildman–Crippen LogP) is 3.14. The number of hydrogen-bond acceptors (Lipinski definition) is 2. The smallest absolute Gasteiger partial charge is 0.0578 e. The van der Waals surface area contributed by atoms with Crippen molar-refractivity contribution < 1.29 is 0 Å². The lowest BCUT2D eigenvalue weighted by atomic mass is 9.75. The molecule has 1 fully saturated rings. The van der Waals surface area contributed by atoms with Crippen LogP contribution in [0.15, 0.2) is 36.0 Å². The molecule has 0 saturated carbocycles. The molecule has 1 aliphatic heterocycles. The number of hydrogen-bond donors (Lipinski definition) is 2. The zero-order chi connectivity index (χ0) is 13.2. The van der Waals surface area contributed by atoms with E-state index in [1.165, 1.54) is 31.3 Å². The van der Waals surface area contributed by atoms with E-state index < -0.39 is 0 Å². The Morgan fingerprint density at radius 3 is 3.05 bits per heavy atom. The van der Waals surface area contributed by atoms with Gasteiger partial charge in [-0.3, -0.25) is 10.6 Å². The maximum atomic E-state index is 3.82. The fourth-order valence-electron chi connectivity index (χ4n) is 3.64. The summed E-state index contributed by atoms with van der Waals surface area (Å²) in [5.41, 5.74) is 1.49. The van der Waals surface area contributed by atoms with Crippen LogP contribution in [0.3, 0.4) is 0 Å². The fourth-order valence-corrected chi connectivity index (χ4v) is 3.64. The third-order valence-corrected chi connectivity index (χ3v) is 4.60. The monoisotopic (exact) mass is 258 g/mol. The first-order valence-corrected chi connectivity index (χ1v) is 7.81. The van der Waals surface area contributed by atoms with Crippen LogP contribution in [0, 0.1) is 11.8 Å². The second-order valence-corrected chi connectivity index (χ2v) is 6.56. The highest BCUT2D eigenvalue weighted by Gasteiger charge is 2.38. The Morgan fingerprint density at radius 2 is 2.21 bits per heavy atom. The van der Waals surface area contributed by atoms with Crippen LogP contribution < -0.4 is 10.6 Å². The first kappa shape index (κ1) is 13.1. The van der Waals surface area contributed by atoms with Crippen LogP contribution in [0.2, 0.25) is 0 Å². The normalized spacial score (nSPS) is 36.3. The summed E-state index contributed by atoms with van der Waals surface area (Å²) in [4.78, 5) is 0. The molecule has 2 N–H and O–H groups in total. The lowest BCUT2D eigenvalue weighted by Crippen LogP contribution is -2.63. The van der Waals surface area contributed by atoms with E-state index >= 15 is 0 Å². The highest BCUT2D eigenvalue weighted by atomic mass is 15.2. The molecule has 2 nitrogen and oxygen atoms in total. The lowest BCUT2D eigenvalue weighted by molar-refractivity contribution is 0.194. The molecule has 4 unspecified atom stereocenters. The maximum absolute atomic E-state index is 3.82. The van der Waals surface area contributed by atoms with Crippen LogP contribution in [-0.4, -0.2) is 18.2 Å². The molecule has 3 aliphatic rings. The van der Waals surface area contributed by atoms with Crippen molar-refractivity contribution in [1.29, 1.82) is 0 Å². The summed E-state index contributed by atoms with van der Waals surface area (Å²) in [5, 5.41) is 7.61. The van der Waals surface area contributed by atoms with Crippen molar-refractivity contribution in [2.45, 2.75) is 57.8 Å². The summed E-state index contributed by atoms with van der Waals surface area (Å²) in [6.07, 6.45) is 17.0. The Kier molecular flexibility index (Phi) is 3.90. The molecular weight excluding hydrogens is 232 g/mol. The summed E-state index contributed by atoms with van der Waals surface area (Å²) in [6.45, 7) is 4.62. The molecule has 2 aliphatic carbocycles. The Balaban J connectivity index is 1.63. The van der Waals surface area contributed by atoms with Gasteiger partial charge in [0.25, 0.3) is 0 Å². The number of rotatable bonds is 4. The van der Waals surface area contributed by atoms with Crippen molar-refractivity contribution in [3.63, 3.8) is 0 Å². The largest absolute Gasteiger partial charge is 0.298 e. The van der Waals surface area contributed by atoms with Crippen molar-refractivity contribution in [3.8, 4) is 0 Å². The van der Waals surface area contributed by atoms with Gasteiger partial charge in [0, 0.05) is 18.0 Å². The predicted molar refractivity (Wildman–Crippen MR) is 80.8 cm³/mol. The van der Waals surface area contributed by atoms with E-state index in [-0.39, 0.29) is 0 Å². The minimum absolute atomic E-state index is 0.487. The second kappa shape index (κ2) is 5.64. The van der Waals surface area contributed by atoms with E-state index in [0.717, 1.165) is 5.92 Å². The third-order valence-electron chi connectivity index (χ3n) is 4.60. The summed E-state index contributed by atoms with van der Waals surface area (Å²) in [5.74, 6) is 1.45. The molecular formula is C17H26N2. The summed E-state index contributed by atoms with van der Waals surface area (Å²) >= 11 is 0. The van der Waals surface area contributed by atoms with Gasteiger partial charge >= 0.3 is 0 Å². The van der Waals surface area contributed by atoms with Crippen LogP contribution in [0.25, 0.3) is 0 Å². The molecule has 0 bridgehead atoms. The Labute approximate surface area is 117 Å². The minimum atomic E-state index is 0.487. The Morgan fingerprint density at radius 1 is 1.32 bits per heavy atom. The summed E-state index contributed by atoms with van der Waals surface area (Å²) in [6, 6.07) is 1.15. The highest BCUT2D eigenvalue weighted by Crippen LogP contribution is 2.33. The Hall–Kier alpha value is -0.860. The van der Waals surface area contributed by atoms with Gasteiger partial charge in [0.15, 0.2) is 0 Å². The summed E-state index contributed by atoms with van der Waals surface area (Å²) in [7, 11) is 0. The van der Waals surface area contributed by atoms with Gasteiger partial charge in [-0.05, 0) is 24.3 Å². The van der Waals surface area contributed by atoms with E-state index in [0.29, 0.717) is 24.2 Å². The molecule has 0 spiro atoms. The van der Waals surface area contributed by atoms with Gasteiger partial charge in [-0.2, -0.15) is 0 Å². The molecule has 0 aromatic heterocycles. The molecule has 3 rings (SSSR count). The topological polar surface area (TPSA) is 24.1 Å². The van der Waals surface area contributed by atoms with E-state index in [2.05, 4.69) is 54.9 Å². The molecule has 1 saturated heterocycles. The molecule has 19 heavy (non-hydrogen) atoms. The number of allylic oxidation sites excluding steroid dienone is 3. The SMILES string of the molecule is CC(C)CCCC1NC2C=CC=C3C=CCC(N1)C32. The van der Waals surface area contributed by atoms with E-state index in [4.69, 9.17) is 0 Å². The molecule has 1 heterocycles. The van der Waals surface area contributed by atoms with Crippen molar-refractivity contribution in [1.82, 2.24) is 10.6 Å². The van der Waals surface area contributed by atoms with Gasteiger partial charge in [0.05, 0.1) is 6.17 Å². The maximum Gasteiger partial charge on any atom is 0.0578 e. The lowest BCUT2D eigenvalue weighted by Gasteiger charge is -2.46. The third kappa shape index (κ3) is 2.85. The van der Waals surface area contributed by atoms with Gasteiger partial charge in [0.2, 0.25) is 0 Å². The average Bonchev–Trinajstić information content (AvgIpc) is 2.39. The molecule has 2 heteroatoms. The van der Waals surface area contributed by atoms with Gasteiger partial charge in [-0.25, -0.2) is 0 Å². The standard InChI is InChI=1S/C17H26N2/c1-12(2)6-3-11-16-18-14-9-4-7-13-8-5-10-15(19-16)17(13)14/h4-5,7-9,12,14-19H,3,6,10-11H2,1-2H3. The van der Waals surface area contributed by atoms with E-state index in [1.807, 2.05) is 0 Å². The zero-order valence-corrected chi connectivity index (χ0v) is 12.1. The molecule has 4 atom stereocenters. The fraction of sp³-hybridized carbons (Fsp3) is 0.647. The van der Waals surface area contributed by atoms with Gasteiger partial charge in [-0.1, -0.05) is 57.1 Å². The van der Waals surface area contributed by atoms with Gasteiger partial charge in [-0.15, -0.1) is 0 Å². The van der Waals surface area contributed by atoms with Crippen LogP contribution in [0.1, 0.15) is 39.5 Å². The summed E-state index contributed by atoms with van der Waals surface area (Å²) < 4.78 is 0. The molecule has 0 aromatic carbocycles. The second-order valence-electron chi connectivity index (χ2n) is 6.56. The van der Waals surface area contributed by atoms with Crippen molar-refractivity contribution >= 4 is 0 Å². The van der Waals surface area contributed by atoms with E-state index in [9.17, 15) is 0 Å². The van der Waals surface area contributed by atoms with Crippen molar-refractivity contribution in [3.05, 3.63) is 36.0 Å². The van der Waals surface area contributed by atoms with Crippen LogP contribution in [0.5, 0.6) is 0 Å².